The fourth-order valence-electron chi connectivity index (χ4n) is 0.544. The van der Waals surface area contributed by atoms with E-state index in [1.54, 1.807) is 0 Å². The van der Waals surface area contributed by atoms with Gasteiger partial charge in [0.2, 0.25) is 0 Å². The molecule has 0 bridgehead atoms. The van der Waals surface area contributed by atoms with E-state index in [1.807, 2.05) is 27.3 Å². The molecule has 6 N–H and O–H groups in total. The first kappa shape index (κ1) is 50.0. The van der Waals surface area contributed by atoms with Crippen LogP contribution in [0.25, 0.3) is 0 Å². The van der Waals surface area contributed by atoms with Gasteiger partial charge in [-0.15, -0.1) is 0 Å². The van der Waals surface area contributed by atoms with Crippen molar-refractivity contribution in [3.05, 3.63) is 0 Å². The van der Waals surface area contributed by atoms with Crippen molar-refractivity contribution >= 4 is 44.1 Å². The average molecular weight is 285 g/mol. The summed E-state index contributed by atoms with van der Waals surface area (Å²) >= 11 is 0. The van der Waals surface area contributed by atoms with Gasteiger partial charge in [0, 0.05) is 0 Å². The predicted octanol–water partition coefficient (Wildman–Crippen LogP) is 1.01. The standard InChI is InChI=1S/C4H12B2O.C3H9B.3CH3B.3H2O/c1-5(2)7-6(3)4;1-4(2)3;3*1-2;;;/h1-4H3;1-3H3;3*1H3;3*1H2. The molecule has 0 unspecified atom stereocenters. The zero-order valence-electron chi connectivity index (χ0n) is 15.4. The summed E-state index contributed by atoms with van der Waals surface area (Å²) in [6, 6.07) is 0. The van der Waals surface area contributed by atoms with Crippen molar-refractivity contribution in [2.45, 2.75) is 68.2 Å². The second-order valence-electron chi connectivity index (χ2n) is 3.97. The first-order valence-electron chi connectivity index (χ1n) is 6.24. The Kier molecular flexibility index (Phi) is 153. The first-order valence-corrected chi connectivity index (χ1v) is 6.24. The van der Waals surface area contributed by atoms with Gasteiger partial charge in [0.15, 0.2) is 0 Å². The lowest BCUT2D eigenvalue weighted by atomic mass is 9.58. The summed E-state index contributed by atoms with van der Waals surface area (Å²) in [5, 5.41) is 0. The lowest BCUT2D eigenvalue weighted by molar-refractivity contribution is 0.608. The quantitative estimate of drug-likeness (QED) is 0.694. The van der Waals surface area contributed by atoms with Crippen LogP contribution in [0, 0.1) is 0 Å². The highest BCUT2D eigenvalue weighted by atomic mass is 16.4. The molecule has 0 atom stereocenters. The van der Waals surface area contributed by atoms with Gasteiger partial charge in [0.1, 0.15) is 6.71 Å². The Balaban J connectivity index is -0.0000000163. The molecule has 0 aromatic heterocycles. The molecule has 6 radical (unpaired) electrons. The molecule has 0 aliphatic carbocycles. The van der Waals surface area contributed by atoms with Crippen molar-refractivity contribution < 1.29 is 21.0 Å². The van der Waals surface area contributed by atoms with Crippen molar-refractivity contribution in [1.29, 1.82) is 0 Å². The van der Waals surface area contributed by atoms with E-state index in [0.29, 0.717) is 13.8 Å². The fourth-order valence-corrected chi connectivity index (χ4v) is 0.544. The monoisotopic (exact) mass is 286 g/mol. The van der Waals surface area contributed by atoms with Gasteiger partial charge < -0.3 is 21.0 Å². The smallest absolute Gasteiger partial charge is 0.269 e. The first-order chi connectivity index (χ1) is 7.86. The third-order valence-corrected chi connectivity index (χ3v) is 0.544. The van der Waals surface area contributed by atoms with E-state index in [4.69, 9.17) is 4.57 Å². The van der Waals surface area contributed by atoms with Gasteiger partial charge in [-0.3, -0.25) is 0 Å². The van der Waals surface area contributed by atoms with Gasteiger partial charge in [-0.25, -0.2) is 0 Å². The normalized spacial score (nSPS) is 5.10. The lowest BCUT2D eigenvalue weighted by Crippen LogP contribution is -2.17. The Bertz CT molecular complexity index is 81.4. The van der Waals surface area contributed by atoms with E-state index in [-0.39, 0.29) is 16.4 Å². The van der Waals surface area contributed by atoms with Gasteiger partial charge in [0.05, 0.1) is 23.5 Å². The van der Waals surface area contributed by atoms with E-state index >= 15 is 0 Å². The SMILES string of the molecule is CB(C)C.CB(C)OB(C)C.O.O.O.[B]C.[B]C.[B]C. The molecule has 0 aromatic rings. The maximum absolute atomic E-state index is 5.25. The van der Waals surface area contributed by atoms with Crippen molar-refractivity contribution in [3.63, 3.8) is 0 Å². The average Bonchev–Trinajstić information content (AvgIpc) is 2.24. The molecular weight excluding hydrogens is 249 g/mol. The van der Waals surface area contributed by atoms with E-state index in [0.717, 1.165) is 6.71 Å². The third kappa shape index (κ3) is 303. The topological polar surface area (TPSA) is 104 Å². The molecule has 0 spiro atoms. The summed E-state index contributed by atoms with van der Waals surface area (Å²) in [5.74, 6) is 0. The van der Waals surface area contributed by atoms with Gasteiger partial charge >= 0.3 is 0 Å². The van der Waals surface area contributed by atoms with E-state index in [1.165, 1.54) is 20.5 Å². The second-order valence-corrected chi connectivity index (χ2v) is 3.97. The third-order valence-electron chi connectivity index (χ3n) is 0.544. The van der Waals surface area contributed by atoms with Crippen LogP contribution < -0.4 is 0 Å². The maximum atomic E-state index is 5.25. The molecular formula is C10H36B6O4. The summed E-state index contributed by atoms with van der Waals surface area (Å²) in [4.78, 5) is 0. The maximum Gasteiger partial charge on any atom is 0.269 e. The molecule has 0 heterocycles. The molecule has 10 heteroatoms. The highest BCUT2D eigenvalue weighted by Gasteiger charge is 2.03. The van der Waals surface area contributed by atoms with Crippen molar-refractivity contribution in [2.75, 3.05) is 0 Å². The van der Waals surface area contributed by atoms with Gasteiger partial charge in [0.25, 0.3) is 13.8 Å². The highest BCUT2D eigenvalue weighted by Crippen LogP contribution is 1.87. The van der Waals surface area contributed by atoms with E-state index < -0.39 is 0 Å². The van der Waals surface area contributed by atoms with E-state index in [9.17, 15) is 0 Å². The molecule has 20 heavy (non-hydrogen) atoms. The van der Waals surface area contributed by atoms with Crippen LogP contribution in [-0.2, 0) is 4.57 Å². The van der Waals surface area contributed by atoms with Crippen molar-refractivity contribution in [2.24, 2.45) is 0 Å². The highest BCUT2D eigenvalue weighted by molar-refractivity contribution is 6.63. The molecule has 0 aliphatic heterocycles. The van der Waals surface area contributed by atoms with Crippen LogP contribution in [0.2, 0.25) is 68.2 Å². The summed E-state index contributed by atoms with van der Waals surface area (Å²) in [5.41, 5.74) is 0. The minimum atomic E-state index is 0. The molecule has 118 valence electrons. The number of hydrogen-bond donors (Lipinski definition) is 0. The Labute approximate surface area is 134 Å². The Morgan fingerprint density at radius 1 is 0.500 bits per heavy atom. The fraction of sp³-hybridized carbons (Fsp3) is 1.00. The molecule has 0 aliphatic rings. The minimum absolute atomic E-state index is 0. The zero-order chi connectivity index (χ0) is 15.4. The molecule has 0 amide bonds. The van der Waals surface area contributed by atoms with Crippen molar-refractivity contribution in [3.8, 4) is 0 Å². The van der Waals surface area contributed by atoms with Gasteiger partial charge in [-0.05, 0) is 0 Å². The van der Waals surface area contributed by atoms with Crippen LogP contribution in [0.5, 0.6) is 0 Å². The summed E-state index contributed by atoms with van der Waals surface area (Å²) in [6.45, 7) is 20.7. The molecule has 0 fully saturated rings. The van der Waals surface area contributed by atoms with Gasteiger partial charge in [-0.2, -0.15) is 0 Å². The van der Waals surface area contributed by atoms with E-state index in [2.05, 4.69) is 44.0 Å². The Hall–Kier alpha value is 0.230. The van der Waals surface area contributed by atoms with Crippen LogP contribution >= 0.6 is 0 Å². The lowest BCUT2D eigenvalue weighted by Gasteiger charge is -2.04. The number of rotatable bonds is 2. The molecule has 0 saturated carbocycles. The summed E-state index contributed by atoms with van der Waals surface area (Å²) < 4.78 is 5.25. The molecule has 0 rings (SSSR count). The summed E-state index contributed by atoms with van der Waals surface area (Å²) in [6.07, 6.45) is 0. The van der Waals surface area contributed by atoms with Crippen LogP contribution in [0.1, 0.15) is 0 Å². The summed E-state index contributed by atoms with van der Waals surface area (Å²) in [7, 11) is 13.5. The largest absolute Gasteiger partial charge is 0.499 e. The molecule has 0 saturated heterocycles. The minimum Gasteiger partial charge on any atom is -0.499 e. The Morgan fingerprint density at radius 2 is 0.600 bits per heavy atom. The van der Waals surface area contributed by atoms with Crippen LogP contribution in [-0.4, -0.2) is 60.5 Å². The zero-order valence-corrected chi connectivity index (χ0v) is 15.4. The molecule has 0 aromatic carbocycles. The Morgan fingerprint density at radius 3 is 0.600 bits per heavy atom. The van der Waals surface area contributed by atoms with Crippen molar-refractivity contribution in [1.82, 2.24) is 0 Å². The number of hydrogen-bond acceptors (Lipinski definition) is 1. The second kappa shape index (κ2) is 61.1. The van der Waals surface area contributed by atoms with Crippen LogP contribution in [0.15, 0.2) is 0 Å². The van der Waals surface area contributed by atoms with Crippen LogP contribution in [0.3, 0.4) is 0 Å². The molecule has 4 nitrogen and oxygen atoms in total. The van der Waals surface area contributed by atoms with Gasteiger partial charge in [-0.1, -0.05) is 68.2 Å². The van der Waals surface area contributed by atoms with Crippen LogP contribution in [0.4, 0.5) is 0 Å². The predicted molar refractivity (Wildman–Crippen MR) is 105 cm³/mol.